The first-order chi connectivity index (χ1) is 7.76. The van der Waals surface area contributed by atoms with E-state index >= 15 is 0 Å². The molecule has 0 aromatic heterocycles. The zero-order chi connectivity index (χ0) is 13.5. The number of halogens is 5. The maximum atomic E-state index is 12.0. The Bertz CT molecular complexity index is 234. The van der Waals surface area contributed by atoms with Gasteiger partial charge in [0, 0.05) is 13.1 Å². The van der Waals surface area contributed by atoms with E-state index in [0.29, 0.717) is 4.90 Å². The quantitative estimate of drug-likeness (QED) is 0.686. The summed E-state index contributed by atoms with van der Waals surface area (Å²) in [5.74, 6) is -0.944. The van der Waals surface area contributed by atoms with E-state index in [1.165, 1.54) is 0 Å². The highest BCUT2D eigenvalue weighted by molar-refractivity contribution is 5.77. The highest BCUT2D eigenvalue weighted by Crippen LogP contribution is 2.14. The van der Waals surface area contributed by atoms with E-state index in [1.807, 2.05) is 0 Å². The number of hydrogen-bond acceptors (Lipinski definition) is 3. The molecule has 0 unspecified atom stereocenters. The summed E-state index contributed by atoms with van der Waals surface area (Å²) in [7, 11) is 0. The van der Waals surface area contributed by atoms with E-state index in [1.54, 1.807) is 0 Å². The van der Waals surface area contributed by atoms with Crippen LogP contribution in [-0.4, -0.2) is 56.3 Å². The van der Waals surface area contributed by atoms with Crippen molar-refractivity contribution in [2.75, 3.05) is 32.8 Å². The molecule has 0 heterocycles. The van der Waals surface area contributed by atoms with Gasteiger partial charge in [0.2, 0.25) is 5.91 Å². The molecule has 0 aliphatic rings. The third-order valence-corrected chi connectivity index (χ3v) is 1.60. The van der Waals surface area contributed by atoms with Crippen LogP contribution in [0.5, 0.6) is 0 Å². The largest absolute Gasteiger partial charge is 0.411 e. The number of rotatable bonds is 7. The molecule has 0 aromatic carbocycles. The summed E-state index contributed by atoms with van der Waals surface area (Å²) >= 11 is 0. The van der Waals surface area contributed by atoms with Gasteiger partial charge in [-0.1, -0.05) is 0 Å². The molecule has 4 nitrogen and oxygen atoms in total. The summed E-state index contributed by atoms with van der Waals surface area (Å²) in [6, 6.07) is 0. The molecule has 0 saturated carbocycles. The van der Waals surface area contributed by atoms with Crippen LogP contribution in [0.15, 0.2) is 0 Å². The van der Waals surface area contributed by atoms with Crippen LogP contribution in [-0.2, 0) is 9.53 Å². The summed E-state index contributed by atoms with van der Waals surface area (Å²) in [6.07, 6.45) is -7.32. The van der Waals surface area contributed by atoms with E-state index in [4.69, 9.17) is 5.73 Å². The van der Waals surface area contributed by atoms with Crippen LogP contribution in [0.2, 0.25) is 0 Å². The fraction of sp³-hybridized carbons (Fsp3) is 0.875. The van der Waals surface area contributed by atoms with Gasteiger partial charge in [-0.15, -0.1) is 0 Å². The fourth-order valence-electron chi connectivity index (χ4n) is 0.986. The van der Waals surface area contributed by atoms with Crippen molar-refractivity contribution in [1.82, 2.24) is 4.90 Å². The Hall–Kier alpha value is -0.960. The fourth-order valence-corrected chi connectivity index (χ4v) is 0.986. The molecule has 0 saturated heterocycles. The molecule has 0 aromatic rings. The first-order valence-corrected chi connectivity index (χ1v) is 4.66. The second-order valence-electron chi connectivity index (χ2n) is 3.13. The van der Waals surface area contributed by atoms with Gasteiger partial charge in [-0.25, -0.2) is 8.78 Å². The van der Waals surface area contributed by atoms with Gasteiger partial charge >= 0.3 is 6.18 Å². The number of carbonyl (C=O) groups is 1. The lowest BCUT2D eigenvalue weighted by molar-refractivity contribution is -0.178. The Labute approximate surface area is 94.5 Å². The van der Waals surface area contributed by atoms with Crippen molar-refractivity contribution < 1.29 is 31.5 Å². The molecular formula is C8H13F5N2O2. The highest BCUT2D eigenvalue weighted by atomic mass is 19.4. The molecule has 2 N–H and O–H groups in total. The third-order valence-electron chi connectivity index (χ3n) is 1.60. The SMILES string of the molecule is NCCN(CC(F)F)C(=O)COCC(F)(F)F. The molecule has 0 aliphatic heterocycles. The smallest absolute Gasteiger partial charge is 0.362 e. The number of hydrogen-bond donors (Lipinski definition) is 1. The standard InChI is InChI=1S/C8H13F5N2O2/c9-6(10)3-15(2-1-14)7(16)4-17-5-8(11,12)13/h6H,1-5,14H2. The first kappa shape index (κ1) is 16.0. The zero-order valence-electron chi connectivity index (χ0n) is 8.84. The van der Waals surface area contributed by atoms with E-state index in [-0.39, 0.29) is 13.1 Å². The van der Waals surface area contributed by atoms with Crippen molar-refractivity contribution in [3.05, 3.63) is 0 Å². The molecule has 102 valence electrons. The van der Waals surface area contributed by atoms with Gasteiger partial charge in [-0.05, 0) is 0 Å². The minimum absolute atomic E-state index is 0.0578. The van der Waals surface area contributed by atoms with Crippen LogP contribution in [0.25, 0.3) is 0 Å². The van der Waals surface area contributed by atoms with E-state index < -0.39 is 38.3 Å². The molecule has 9 heteroatoms. The van der Waals surface area contributed by atoms with E-state index in [0.717, 1.165) is 0 Å². The summed E-state index contributed by atoms with van der Waals surface area (Å²) in [4.78, 5) is 11.9. The molecule has 0 spiro atoms. The second-order valence-corrected chi connectivity index (χ2v) is 3.13. The average Bonchev–Trinajstić information content (AvgIpc) is 2.14. The number of carbonyl (C=O) groups excluding carboxylic acids is 1. The van der Waals surface area contributed by atoms with Crippen molar-refractivity contribution in [2.24, 2.45) is 5.73 Å². The van der Waals surface area contributed by atoms with Gasteiger partial charge in [0.15, 0.2) is 0 Å². The van der Waals surface area contributed by atoms with Crippen molar-refractivity contribution in [1.29, 1.82) is 0 Å². The van der Waals surface area contributed by atoms with Gasteiger partial charge < -0.3 is 15.4 Å². The van der Waals surface area contributed by atoms with Gasteiger partial charge in [0.25, 0.3) is 6.43 Å². The summed E-state index contributed by atoms with van der Waals surface area (Å²) in [5.41, 5.74) is 5.08. The lowest BCUT2D eigenvalue weighted by Crippen LogP contribution is -2.41. The van der Waals surface area contributed by atoms with Crippen LogP contribution in [0, 0.1) is 0 Å². The lowest BCUT2D eigenvalue weighted by atomic mass is 10.4. The van der Waals surface area contributed by atoms with Crippen molar-refractivity contribution >= 4 is 5.91 Å². The van der Waals surface area contributed by atoms with Gasteiger partial charge in [-0.3, -0.25) is 4.79 Å². The third kappa shape index (κ3) is 8.81. The van der Waals surface area contributed by atoms with Gasteiger partial charge in [-0.2, -0.15) is 13.2 Å². The Balaban J connectivity index is 4.05. The molecule has 1 amide bonds. The van der Waals surface area contributed by atoms with Gasteiger partial charge in [0.05, 0.1) is 6.54 Å². The minimum atomic E-state index is -4.55. The zero-order valence-corrected chi connectivity index (χ0v) is 8.84. The number of amides is 1. The molecular weight excluding hydrogens is 251 g/mol. The summed E-state index contributed by atoms with van der Waals surface area (Å²) in [5, 5.41) is 0. The van der Waals surface area contributed by atoms with E-state index in [2.05, 4.69) is 4.74 Å². The van der Waals surface area contributed by atoms with Crippen molar-refractivity contribution in [2.45, 2.75) is 12.6 Å². The normalized spacial score (nSPS) is 11.9. The lowest BCUT2D eigenvalue weighted by Gasteiger charge is -2.21. The van der Waals surface area contributed by atoms with Crippen molar-refractivity contribution in [3.8, 4) is 0 Å². The predicted octanol–water partition coefficient (Wildman–Crippen LogP) is 0.618. The Morgan fingerprint density at radius 3 is 2.35 bits per heavy atom. The minimum Gasteiger partial charge on any atom is -0.362 e. The number of ether oxygens (including phenoxy) is 1. The highest BCUT2D eigenvalue weighted by Gasteiger charge is 2.28. The van der Waals surface area contributed by atoms with Crippen LogP contribution in [0.3, 0.4) is 0 Å². The predicted molar refractivity (Wildman–Crippen MR) is 48.5 cm³/mol. The van der Waals surface area contributed by atoms with Crippen LogP contribution < -0.4 is 5.73 Å². The summed E-state index contributed by atoms with van der Waals surface area (Å²) in [6.45, 7) is -3.57. The molecule has 0 fully saturated rings. The molecule has 0 aliphatic carbocycles. The maximum Gasteiger partial charge on any atom is 0.411 e. The Morgan fingerprint density at radius 1 is 1.35 bits per heavy atom. The molecule has 0 radical (unpaired) electrons. The molecule has 17 heavy (non-hydrogen) atoms. The van der Waals surface area contributed by atoms with E-state index in [9.17, 15) is 26.7 Å². The Morgan fingerprint density at radius 2 is 1.94 bits per heavy atom. The molecule has 0 bridgehead atoms. The average molecular weight is 264 g/mol. The topological polar surface area (TPSA) is 55.6 Å². The van der Waals surface area contributed by atoms with Crippen LogP contribution in [0.4, 0.5) is 22.0 Å². The van der Waals surface area contributed by atoms with Crippen molar-refractivity contribution in [3.63, 3.8) is 0 Å². The molecule has 0 rings (SSSR count). The van der Waals surface area contributed by atoms with Crippen LogP contribution in [0.1, 0.15) is 0 Å². The number of alkyl halides is 5. The number of nitrogens with two attached hydrogens (primary N) is 1. The summed E-state index contributed by atoms with van der Waals surface area (Å²) < 4.78 is 63.1. The second kappa shape index (κ2) is 7.38. The number of nitrogens with zero attached hydrogens (tertiary/aromatic N) is 1. The monoisotopic (exact) mass is 264 g/mol. The first-order valence-electron chi connectivity index (χ1n) is 4.66. The molecule has 0 atom stereocenters. The Kier molecular flexibility index (Phi) is 6.97. The van der Waals surface area contributed by atoms with Gasteiger partial charge in [0.1, 0.15) is 13.2 Å². The van der Waals surface area contributed by atoms with Crippen LogP contribution >= 0.6 is 0 Å². The maximum absolute atomic E-state index is 12.0.